The molecule has 7 heteroatoms. The van der Waals surface area contributed by atoms with E-state index >= 15 is 0 Å². The molecule has 18 heavy (non-hydrogen) atoms. The van der Waals surface area contributed by atoms with Gasteiger partial charge in [-0.3, -0.25) is 0 Å². The van der Waals surface area contributed by atoms with Crippen molar-refractivity contribution >= 4 is 17.7 Å². The van der Waals surface area contributed by atoms with Crippen LogP contribution in [0.3, 0.4) is 0 Å². The lowest BCUT2D eigenvalue weighted by Crippen LogP contribution is -2.10. The first-order chi connectivity index (χ1) is 8.30. The zero-order valence-electron chi connectivity index (χ0n) is 9.46. The van der Waals surface area contributed by atoms with Crippen LogP contribution in [0.2, 0.25) is 0 Å². The number of ether oxygens (including phenoxy) is 1. The number of aryl methyl sites for hydroxylation is 1. The van der Waals surface area contributed by atoms with Gasteiger partial charge in [0.15, 0.2) is 0 Å². The first kappa shape index (κ1) is 14.4. The monoisotopic (exact) mass is 275 g/mol. The molecule has 0 aliphatic heterocycles. The van der Waals surface area contributed by atoms with Crippen LogP contribution in [0.1, 0.15) is 21.5 Å². The fourth-order valence-electron chi connectivity index (χ4n) is 1.35. The zero-order valence-corrected chi connectivity index (χ0v) is 10.3. The third-order valence-corrected chi connectivity index (χ3v) is 2.89. The van der Waals surface area contributed by atoms with Crippen LogP contribution in [-0.4, -0.2) is 18.6 Å². The summed E-state index contributed by atoms with van der Waals surface area (Å²) in [5.41, 5.74) is -4.56. The Kier molecular flexibility index (Phi) is 4.24. The molecule has 0 aliphatic rings. The third-order valence-electron chi connectivity index (χ3n) is 2.10. The van der Waals surface area contributed by atoms with E-state index in [1.54, 1.807) is 6.07 Å². The maximum Gasteiger partial charge on any atom is 0.446 e. The summed E-state index contributed by atoms with van der Waals surface area (Å²) in [6, 6.07) is 4.24. The van der Waals surface area contributed by atoms with Crippen molar-refractivity contribution in [3.05, 3.63) is 28.8 Å². The minimum Gasteiger partial charge on any atom is -0.465 e. The van der Waals surface area contributed by atoms with Crippen LogP contribution in [0, 0.1) is 18.3 Å². The van der Waals surface area contributed by atoms with E-state index in [9.17, 15) is 18.0 Å². The molecule has 1 aromatic rings. The molecule has 0 spiro atoms. The number of nitrogens with zero attached hydrogens (tertiary/aromatic N) is 1. The summed E-state index contributed by atoms with van der Waals surface area (Å²) in [7, 11) is 1.05. The molecular weight excluding hydrogens is 267 g/mol. The molecule has 0 saturated heterocycles. The van der Waals surface area contributed by atoms with E-state index in [-0.39, 0.29) is 16.0 Å². The van der Waals surface area contributed by atoms with E-state index in [2.05, 4.69) is 4.74 Å². The van der Waals surface area contributed by atoms with Crippen LogP contribution in [0.25, 0.3) is 0 Å². The fourth-order valence-corrected chi connectivity index (χ4v) is 2.02. The van der Waals surface area contributed by atoms with E-state index in [1.807, 2.05) is 0 Å². The molecule has 3 nitrogen and oxygen atoms in total. The lowest BCUT2D eigenvalue weighted by atomic mass is 10.0. The highest BCUT2D eigenvalue weighted by Crippen LogP contribution is 2.40. The van der Waals surface area contributed by atoms with Gasteiger partial charge in [0.1, 0.15) is 6.07 Å². The molecule has 0 saturated carbocycles. The van der Waals surface area contributed by atoms with Crippen molar-refractivity contribution in [1.29, 1.82) is 5.26 Å². The Hall–Kier alpha value is -1.68. The topological polar surface area (TPSA) is 50.1 Å². The Bertz CT molecular complexity index is 520. The second kappa shape index (κ2) is 5.31. The molecule has 0 aliphatic carbocycles. The number of carbonyl (C=O) groups excluding carboxylic acids is 1. The maximum absolute atomic E-state index is 12.4. The fraction of sp³-hybridized carbons (Fsp3) is 0.273. The third kappa shape index (κ3) is 3.17. The average molecular weight is 275 g/mol. The van der Waals surface area contributed by atoms with Gasteiger partial charge in [-0.15, -0.1) is 0 Å². The van der Waals surface area contributed by atoms with Crippen molar-refractivity contribution in [2.75, 3.05) is 7.11 Å². The summed E-state index contributed by atoms with van der Waals surface area (Å²) in [5.74, 6) is -0.956. The Morgan fingerprint density at radius 1 is 1.44 bits per heavy atom. The number of thioether (sulfide) groups is 1. The zero-order chi connectivity index (χ0) is 13.9. The number of hydrogen-bond acceptors (Lipinski definition) is 4. The molecule has 0 atom stereocenters. The normalized spacial score (nSPS) is 10.9. The first-order valence-corrected chi connectivity index (χ1v) is 5.49. The highest BCUT2D eigenvalue weighted by Gasteiger charge is 2.33. The Balaban J connectivity index is 3.44. The lowest BCUT2D eigenvalue weighted by molar-refractivity contribution is -0.0328. The molecule has 1 aromatic carbocycles. The number of esters is 1. The summed E-state index contributed by atoms with van der Waals surface area (Å²) in [6.07, 6.45) is 0. The molecule has 0 N–H and O–H groups in total. The van der Waals surface area contributed by atoms with Crippen LogP contribution >= 0.6 is 11.8 Å². The quantitative estimate of drug-likeness (QED) is 0.614. The van der Waals surface area contributed by atoms with Crippen molar-refractivity contribution in [2.45, 2.75) is 17.3 Å². The second-order valence-corrected chi connectivity index (χ2v) is 4.39. The predicted molar refractivity (Wildman–Crippen MR) is 59.1 cm³/mol. The molecule has 1 rings (SSSR count). The van der Waals surface area contributed by atoms with E-state index in [1.165, 1.54) is 13.0 Å². The molecule has 96 valence electrons. The van der Waals surface area contributed by atoms with Gasteiger partial charge in [-0.1, -0.05) is 6.07 Å². The van der Waals surface area contributed by atoms with E-state index in [0.717, 1.165) is 13.2 Å². The second-order valence-electron chi connectivity index (χ2n) is 3.28. The first-order valence-electron chi connectivity index (χ1n) is 4.68. The number of hydrogen-bond donors (Lipinski definition) is 0. The SMILES string of the molecule is COC(=O)c1c(SC(F)(F)F)ccc(C)c1C#N. The number of carbonyl (C=O) groups is 1. The molecule has 0 unspecified atom stereocenters. The van der Waals surface area contributed by atoms with E-state index < -0.39 is 23.2 Å². The van der Waals surface area contributed by atoms with Gasteiger partial charge in [0, 0.05) is 4.90 Å². The standard InChI is InChI=1S/C11H8F3NO2S/c1-6-3-4-8(18-11(12,13)14)9(7(6)5-15)10(16)17-2/h3-4H,1-2H3. The van der Waals surface area contributed by atoms with Crippen molar-refractivity contribution in [3.8, 4) is 6.07 Å². The van der Waals surface area contributed by atoms with Crippen molar-refractivity contribution in [1.82, 2.24) is 0 Å². The lowest BCUT2D eigenvalue weighted by Gasteiger charge is -2.12. The van der Waals surface area contributed by atoms with Crippen LogP contribution in [-0.2, 0) is 4.74 Å². The molecule has 0 amide bonds. The molecule has 0 fully saturated rings. The van der Waals surface area contributed by atoms with Crippen LogP contribution in [0.15, 0.2) is 17.0 Å². The Morgan fingerprint density at radius 3 is 2.50 bits per heavy atom. The van der Waals surface area contributed by atoms with Crippen molar-refractivity contribution in [3.63, 3.8) is 0 Å². The van der Waals surface area contributed by atoms with Gasteiger partial charge in [-0.25, -0.2) is 4.79 Å². The average Bonchev–Trinajstić information content (AvgIpc) is 2.28. The van der Waals surface area contributed by atoms with Gasteiger partial charge >= 0.3 is 11.5 Å². The van der Waals surface area contributed by atoms with E-state index in [4.69, 9.17) is 5.26 Å². The van der Waals surface area contributed by atoms with E-state index in [0.29, 0.717) is 5.56 Å². The van der Waals surface area contributed by atoms with Gasteiger partial charge < -0.3 is 4.74 Å². The number of alkyl halides is 3. The minimum atomic E-state index is -4.54. The summed E-state index contributed by atoms with van der Waals surface area (Å²) < 4.78 is 41.5. The molecular formula is C11H8F3NO2S. The Labute approximate surface area is 106 Å². The summed E-state index contributed by atoms with van der Waals surface area (Å²) in [5, 5.41) is 8.92. The molecule has 0 bridgehead atoms. The highest BCUT2D eigenvalue weighted by molar-refractivity contribution is 8.00. The molecule has 0 radical (unpaired) electrons. The summed E-state index contributed by atoms with van der Waals surface area (Å²) in [4.78, 5) is 11.2. The molecule has 0 heterocycles. The minimum absolute atomic E-state index is 0.101. The predicted octanol–water partition coefficient (Wildman–Crippen LogP) is 3.27. The van der Waals surface area contributed by atoms with Gasteiger partial charge in [-0.05, 0) is 30.3 Å². The number of benzene rings is 1. The van der Waals surface area contributed by atoms with Crippen molar-refractivity contribution < 1.29 is 22.7 Å². The smallest absolute Gasteiger partial charge is 0.446 e. The Morgan fingerprint density at radius 2 is 2.06 bits per heavy atom. The van der Waals surface area contributed by atoms with Gasteiger partial charge in [-0.2, -0.15) is 18.4 Å². The summed E-state index contributed by atoms with van der Waals surface area (Å²) in [6.45, 7) is 1.53. The largest absolute Gasteiger partial charge is 0.465 e. The van der Waals surface area contributed by atoms with Crippen LogP contribution in [0.5, 0.6) is 0 Å². The molecule has 0 aromatic heterocycles. The van der Waals surface area contributed by atoms with Gasteiger partial charge in [0.2, 0.25) is 0 Å². The summed E-state index contributed by atoms with van der Waals surface area (Å²) >= 11 is -0.443. The van der Waals surface area contributed by atoms with Crippen molar-refractivity contribution in [2.24, 2.45) is 0 Å². The number of halogens is 3. The van der Waals surface area contributed by atoms with Gasteiger partial charge in [0.25, 0.3) is 0 Å². The van der Waals surface area contributed by atoms with Crippen LogP contribution in [0.4, 0.5) is 13.2 Å². The maximum atomic E-state index is 12.4. The van der Waals surface area contributed by atoms with Crippen LogP contribution < -0.4 is 0 Å². The van der Waals surface area contributed by atoms with Gasteiger partial charge in [0.05, 0.1) is 18.2 Å². The number of rotatable bonds is 2. The number of nitriles is 1. The number of methoxy groups -OCH3 is 1. The highest BCUT2D eigenvalue weighted by atomic mass is 32.2.